The highest BCUT2D eigenvalue weighted by molar-refractivity contribution is 6.01. The van der Waals surface area contributed by atoms with Crippen molar-refractivity contribution in [2.45, 2.75) is 6.42 Å². The van der Waals surface area contributed by atoms with Gasteiger partial charge in [0.2, 0.25) is 11.8 Å². The van der Waals surface area contributed by atoms with Crippen LogP contribution in [0.3, 0.4) is 0 Å². The van der Waals surface area contributed by atoms with E-state index in [1.807, 2.05) is 0 Å². The number of nitrogens with one attached hydrogen (secondary N) is 2. The second-order valence-corrected chi connectivity index (χ2v) is 6.54. The van der Waals surface area contributed by atoms with Gasteiger partial charge in [0, 0.05) is 30.3 Å². The highest BCUT2D eigenvalue weighted by Crippen LogP contribution is 2.35. The van der Waals surface area contributed by atoms with E-state index in [9.17, 15) is 14.4 Å². The molecular weight excluding hydrogens is 362 g/mol. The van der Waals surface area contributed by atoms with Gasteiger partial charge in [-0.3, -0.25) is 25.2 Å². The van der Waals surface area contributed by atoms with Gasteiger partial charge in [-0.05, 0) is 24.3 Å². The zero-order chi connectivity index (χ0) is 19.5. The zero-order valence-corrected chi connectivity index (χ0v) is 15.0. The molecule has 8 nitrogen and oxygen atoms in total. The molecule has 0 spiro atoms. The molecular formula is C20H19N3O5. The molecule has 3 amide bonds. The minimum Gasteiger partial charge on any atom is -0.486 e. The number of anilines is 1. The summed E-state index contributed by atoms with van der Waals surface area (Å²) in [5.41, 5.74) is 5.87. The Kier molecular flexibility index (Phi) is 4.84. The molecule has 2 aromatic carbocycles. The van der Waals surface area contributed by atoms with Crippen LogP contribution in [0.25, 0.3) is 0 Å². The summed E-state index contributed by atoms with van der Waals surface area (Å²) in [7, 11) is 0. The topological polar surface area (TPSA) is 97.0 Å². The largest absolute Gasteiger partial charge is 0.486 e. The average molecular weight is 381 g/mol. The first-order valence-corrected chi connectivity index (χ1v) is 8.97. The summed E-state index contributed by atoms with van der Waals surface area (Å²) >= 11 is 0. The van der Waals surface area contributed by atoms with Crippen LogP contribution in [0.5, 0.6) is 11.5 Å². The van der Waals surface area contributed by atoms with Crippen LogP contribution in [-0.2, 0) is 9.59 Å². The van der Waals surface area contributed by atoms with Gasteiger partial charge in [0.05, 0.1) is 5.92 Å². The van der Waals surface area contributed by atoms with Gasteiger partial charge in [0.1, 0.15) is 13.2 Å². The smallest absolute Gasteiger partial charge is 0.269 e. The van der Waals surface area contributed by atoms with Crippen molar-refractivity contribution in [1.82, 2.24) is 10.9 Å². The summed E-state index contributed by atoms with van der Waals surface area (Å²) in [5.74, 6) is -0.318. The number of rotatable bonds is 3. The number of nitrogens with zero attached hydrogens (tertiary/aromatic N) is 1. The number of amides is 3. The fourth-order valence-corrected chi connectivity index (χ4v) is 3.21. The maximum absolute atomic E-state index is 12.4. The lowest BCUT2D eigenvalue weighted by molar-refractivity contribution is -0.126. The quantitative estimate of drug-likeness (QED) is 0.781. The zero-order valence-electron chi connectivity index (χ0n) is 15.0. The van der Waals surface area contributed by atoms with Crippen LogP contribution in [0, 0.1) is 5.92 Å². The summed E-state index contributed by atoms with van der Waals surface area (Å²) < 4.78 is 11.0. The maximum atomic E-state index is 12.4. The average Bonchev–Trinajstić information content (AvgIpc) is 3.13. The fourth-order valence-electron chi connectivity index (χ4n) is 3.21. The van der Waals surface area contributed by atoms with E-state index in [1.54, 1.807) is 53.4 Å². The summed E-state index contributed by atoms with van der Waals surface area (Å²) in [6.07, 6.45) is 0.0709. The van der Waals surface area contributed by atoms with E-state index in [2.05, 4.69) is 10.9 Å². The summed E-state index contributed by atoms with van der Waals surface area (Å²) in [6.45, 7) is 1.17. The maximum Gasteiger partial charge on any atom is 0.269 e. The van der Waals surface area contributed by atoms with E-state index < -0.39 is 17.7 Å². The predicted molar refractivity (Wildman–Crippen MR) is 99.9 cm³/mol. The van der Waals surface area contributed by atoms with Crippen molar-refractivity contribution < 1.29 is 23.9 Å². The number of carbonyl (C=O) groups excluding carboxylic acids is 3. The minimum atomic E-state index is -0.559. The lowest BCUT2D eigenvalue weighted by Gasteiger charge is -2.22. The van der Waals surface area contributed by atoms with Crippen molar-refractivity contribution in [3.63, 3.8) is 0 Å². The van der Waals surface area contributed by atoms with E-state index in [1.165, 1.54) is 0 Å². The van der Waals surface area contributed by atoms with Gasteiger partial charge < -0.3 is 14.4 Å². The molecule has 4 rings (SSSR count). The molecule has 0 bridgehead atoms. The molecule has 0 unspecified atom stereocenters. The first-order chi connectivity index (χ1) is 13.6. The summed E-state index contributed by atoms with van der Waals surface area (Å²) in [6, 6.07) is 13.8. The first-order valence-electron chi connectivity index (χ1n) is 8.97. The number of hydrogen-bond donors (Lipinski definition) is 2. The lowest BCUT2D eigenvalue weighted by atomic mass is 10.1. The van der Waals surface area contributed by atoms with Crippen molar-refractivity contribution in [2.75, 3.05) is 24.7 Å². The third kappa shape index (κ3) is 3.62. The van der Waals surface area contributed by atoms with Crippen molar-refractivity contribution >= 4 is 23.4 Å². The molecule has 2 N–H and O–H groups in total. The Hall–Kier alpha value is -3.55. The van der Waals surface area contributed by atoms with Crippen LogP contribution < -0.4 is 25.2 Å². The van der Waals surface area contributed by atoms with E-state index in [-0.39, 0.29) is 18.9 Å². The molecule has 0 radical (unpaired) electrons. The minimum absolute atomic E-state index is 0.0709. The first kappa shape index (κ1) is 17.8. The Morgan fingerprint density at radius 3 is 2.50 bits per heavy atom. The second-order valence-electron chi connectivity index (χ2n) is 6.54. The fraction of sp³-hybridized carbons (Fsp3) is 0.250. The molecule has 0 saturated carbocycles. The van der Waals surface area contributed by atoms with E-state index in [4.69, 9.17) is 9.47 Å². The highest BCUT2D eigenvalue weighted by atomic mass is 16.6. The standard InChI is InChI=1S/C20H19N3O5/c24-18-10-14(20(26)22-21-19(25)13-4-2-1-3-5-13)12-23(18)15-6-7-16-17(11-15)28-9-8-27-16/h1-7,11,14H,8-10,12H2,(H,21,25)(H,22,26)/t14-/m1/s1. The molecule has 2 aliphatic rings. The van der Waals surface area contributed by atoms with E-state index in [0.29, 0.717) is 36.0 Å². The van der Waals surface area contributed by atoms with Crippen LogP contribution in [0.4, 0.5) is 5.69 Å². The van der Waals surface area contributed by atoms with Gasteiger partial charge in [0.15, 0.2) is 11.5 Å². The summed E-state index contributed by atoms with van der Waals surface area (Å²) in [4.78, 5) is 38.4. The number of carbonyl (C=O) groups is 3. The van der Waals surface area contributed by atoms with Crippen molar-refractivity contribution in [3.05, 3.63) is 54.1 Å². The number of fused-ring (bicyclic) bond motifs is 1. The van der Waals surface area contributed by atoms with Gasteiger partial charge in [-0.25, -0.2) is 0 Å². The Morgan fingerprint density at radius 2 is 1.71 bits per heavy atom. The van der Waals surface area contributed by atoms with Crippen LogP contribution in [0.2, 0.25) is 0 Å². The molecule has 8 heteroatoms. The van der Waals surface area contributed by atoms with Gasteiger partial charge in [-0.2, -0.15) is 0 Å². The molecule has 2 aromatic rings. The monoisotopic (exact) mass is 381 g/mol. The molecule has 1 saturated heterocycles. The van der Waals surface area contributed by atoms with Gasteiger partial charge >= 0.3 is 0 Å². The Morgan fingerprint density at radius 1 is 0.964 bits per heavy atom. The highest BCUT2D eigenvalue weighted by Gasteiger charge is 2.35. The van der Waals surface area contributed by atoms with Crippen LogP contribution in [-0.4, -0.2) is 37.5 Å². The van der Waals surface area contributed by atoms with Crippen molar-refractivity contribution in [2.24, 2.45) is 5.92 Å². The SMILES string of the molecule is O=C(NNC(=O)[C@@H]1CC(=O)N(c2ccc3c(c2)OCCO3)C1)c1ccccc1. The van der Waals surface area contributed by atoms with Gasteiger partial charge in [-0.1, -0.05) is 18.2 Å². The normalized spacial score (nSPS) is 17.9. The number of ether oxygens (including phenoxy) is 2. The third-order valence-electron chi connectivity index (χ3n) is 4.67. The van der Waals surface area contributed by atoms with E-state index in [0.717, 1.165) is 0 Å². The van der Waals surface area contributed by atoms with E-state index >= 15 is 0 Å². The Balaban J connectivity index is 1.37. The lowest BCUT2D eigenvalue weighted by Crippen LogP contribution is -2.45. The number of hydrazine groups is 1. The Labute approximate surface area is 161 Å². The third-order valence-corrected chi connectivity index (χ3v) is 4.67. The van der Waals surface area contributed by atoms with Crippen LogP contribution >= 0.6 is 0 Å². The number of hydrogen-bond acceptors (Lipinski definition) is 5. The Bertz CT molecular complexity index is 915. The van der Waals surface area contributed by atoms with Gasteiger partial charge in [-0.15, -0.1) is 0 Å². The molecule has 28 heavy (non-hydrogen) atoms. The van der Waals surface area contributed by atoms with Crippen LogP contribution in [0.1, 0.15) is 16.8 Å². The second kappa shape index (κ2) is 7.59. The number of benzene rings is 2. The van der Waals surface area contributed by atoms with Crippen molar-refractivity contribution in [3.8, 4) is 11.5 Å². The molecule has 2 heterocycles. The molecule has 0 aliphatic carbocycles. The van der Waals surface area contributed by atoms with Crippen LogP contribution in [0.15, 0.2) is 48.5 Å². The molecule has 0 aromatic heterocycles. The molecule has 1 fully saturated rings. The van der Waals surface area contributed by atoms with Crippen molar-refractivity contribution in [1.29, 1.82) is 0 Å². The molecule has 2 aliphatic heterocycles. The van der Waals surface area contributed by atoms with Gasteiger partial charge in [0.25, 0.3) is 5.91 Å². The molecule has 1 atom stereocenters. The molecule has 144 valence electrons. The summed E-state index contributed by atoms with van der Waals surface area (Å²) in [5, 5.41) is 0. The predicted octanol–water partition coefficient (Wildman–Crippen LogP) is 1.27.